The van der Waals surface area contributed by atoms with Crippen molar-refractivity contribution in [1.82, 2.24) is 15.6 Å². The molecule has 35 heavy (non-hydrogen) atoms. The van der Waals surface area contributed by atoms with Crippen LogP contribution in [0.5, 0.6) is 5.75 Å². The van der Waals surface area contributed by atoms with Gasteiger partial charge in [-0.05, 0) is 60.0 Å². The van der Waals surface area contributed by atoms with Crippen LogP contribution in [0.15, 0.2) is 60.8 Å². The Kier molecular flexibility index (Phi) is 8.99. The van der Waals surface area contributed by atoms with Crippen LogP contribution in [-0.4, -0.2) is 31.6 Å². The molecule has 0 spiro atoms. The molecule has 10 heteroatoms. The fourth-order valence-electron chi connectivity index (χ4n) is 3.73. The molecule has 0 unspecified atom stereocenters. The fourth-order valence-corrected chi connectivity index (χ4v) is 4.05. The van der Waals surface area contributed by atoms with E-state index in [1.807, 2.05) is 0 Å². The summed E-state index contributed by atoms with van der Waals surface area (Å²) in [6.07, 6.45) is -2.85. The number of carbonyl (C=O) groups is 1. The molecule has 0 bridgehead atoms. The van der Waals surface area contributed by atoms with Crippen LogP contribution in [0.2, 0.25) is 10.0 Å². The standard InChI is InChI=1S/C25H24Cl2F3N3O2/c1-31-24(34)23(15-3-7-18(26)8-4-15)32-12-11-19(16-5-9-20(27)21(13-16)35-2)17-6-10-22(33-14-17)25(28,29)30/h3-10,13-14,19,23,32H,11-12H2,1-2H3,(H,31,34)/t19-,23+/m0/s1. The zero-order valence-electron chi connectivity index (χ0n) is 19.0. The number of benzene rings is 2. The molecule has 0 saturated carbocycles. The molecule has 0 saturated heterocycles. The van der Waals surface area contributed by atoms with Crippen LogP contribution < -0.4 is 15.4 Å². The predicted octanol–water partition coefficient (Wildman–Crippen LogP) is 6.01. The molecular formula is C25H24Cl2F3N3O2. The van der Waals surface area contributed by atoms with E-state index < -0.39 is 17.9 Å². The number of ether oxygens (including phenoxy) is 1. The van der Waals surface area contributed by atoms with Gasteiger partial charge in [0.2, 0.25) is 5.91 Å². The first-order chi connectivity index (χ1) is 16.6. The number of rotatable bonds is 9. The summed E-state index contributed by atoms with van der Waals surface area (Å²) in [6, 6.07) is 13.9. The van der Waals surface area contributed by atoms with Crippen molar-refractivity contribution in [1.29, 1.82) is 0 Å². The molecule has 0 aliphatic heterocycles. The van der Waals surface area contributed by atoms with Crippen LogP contribution in [0.3, 0.4) is 0 Å². The largest absolute Gasteiger partial charge is 0.495 e. The Bertz CT molecular complexity index is 1140. The zero-order chi connectivity index (χ0) is 25.6. The third kappa shape index (κ3) is 6.87. The van der Waals surface area contributed by atoms with E-state index in [0.717, 1.165) is 17.2 Å². The van der Waals surface area contributed by atoms with Gasteiger partial charge in [-0.1, -0.05) is 47.5 Å². The number of pyridine rings is 1. The fraction of sp³-hybridized carbons (Fsp3) is 0.280. The quantitative estimate of drug-likeness (QED) is 0.358. The molecule has 0 radical (unpaired) electrons. The molecule has 0 fully saturated rings. The maximum atomic E-state index is 13.0. The second-order valence-corrected chi connectivity index (χ2v) is 8.61. The summed E-state index contributed by atoms with van der Waals surface area (Å²) >= 11 is 12.1. The highest BCUT2D eigenvalue weighted by Gasteiger charge is 2.32. The van der Waals surface area contributed by atoms with Crippen LogP contribution in [0.1, 0.15) is 40.8 Å². The van der Waals surface area contributed by atoms with Crippen LogP contribution in [0, 0.1) is 0 Å². The maximum Gasteiger partial charge on any atom is 0.433 e. The van der Waals surface area contributed by atoms with Crippen LogP contribution in [-0.2, 0) is 11.0 Å². The summed E-state index contributed by atoms with van der Waals surface area (Å²) in [5.41, 5.74) is 1.15. The van der Waals surface area contributed by atoms with E-state index in [1.165, 1.54) is 19.4 Å². The lowest BCUT2D eigenvalue weighted by Gasteiger charge is -2.22. The van der Waals surface area contributed by atoms with Gasteiger partial charge in [-0.3, -0.25) is 9.78 Å². The first kappa shape index (κ1) is 26.8. The molecule has 5 nitrogen and oxygen atoms in total. The average Bonchev–Trinajstić information content (AvgIpc) is 2.84. The summed E-state index contributed by atoms with van der Waals surface area (Å²) in [5, 5.41) is 6.85. The van der Waals surface area contributed by atoms with Crippen molar-refractivity contribution in [2.45, 2.75) is 24.6 Å². The number of alkyl halides is 3. The van der Waals surface area contributed by atoms with Crippen molar-refractivity contribution in [3.8, 4) is 5.75 Å². The van der Waals surface area contributed by atoms with E-state index >= 15 is 0 Å². The average molecular weight is 526 g/mol. The third-order valence-electron chi connectivity index (χ3n) is 5.55. The summed E-state index contributed by atoms with van der Waals surface area (Å²) in [7, 11) is 3.03. The van der Waals surface area contributed by atoms with Crippen molar-refractivity contribution in [2.24, 2.45) is 0 Å². The van der Waals surface area contributed by atoms with Crippen molar-refractivity contribution >= 4 is 29.1 Å². The van der Waals surface area contributed by atoms with Crippen molar-refractivity contribution < 1.29 is 22.7 Å². The van der Waals surface area contributed by atoms with Gasteiger partial charge < -0.3 is 15.4 Å². The first-order valence-corrected chi connectivity index (χ1v) is 11.5. The Morgan fingerprint density at radius 3 is 2.26 bits per heavy atom. The highest BCUT2D eigenvalue weighted by Crippen LogP contribution is 2.35. The monoisotopic (exact) mass is 525 g/mol. The predicted molar refractivity (Wildman–Crippen MR) is 130 cm³/mol. The summed E-state index contributed by atoms with van der Waals surface area (Å²) in [5.74, 6) is -0.112. The molecule has 2 atom stereocenters. The molecule has 3 rings (SSSR count). The lowest BCUT2D eigenvalue weighted by atomic mass is 9.89. The molecule has 3 aromatic rings. The van der Waals surface area contributed by atoms with Crippen LogP contribution in [0.4, 0.5) is 13.2 Å². The highest BCUT2D eigenvalue weighted by molar-refractivity contribution is 6.32. The molecule has 2 N–H and O–H groups in total. The van der Waals surface area contributed by atoms with Gasteiger partial charge in [-0.25, -0.2) is 0 Å². The molecule has 0 aliphatic carbocycles. The van der Waals surface area contributed by atoms with Gasteiger partial charge in [0.25, 0.3) is 0 Å². The molecule has 1 amide bonds. The van der Waals surface area contributed by atoms with E-state index in [9.17, 15) is 18.0 Å². The SMILES string of the molecule is CNC(=O)[C@H](NCC[C@H](c1ccc(C(F)(F)F)nc1)c1ccc(Cl)c(OC)c1)c1ccc(Cl)cc1. The first-order valence-electron chi connectivity index (χ1n) is 10.7. The van der Waals surface area contributed by atoms with Gasteiger partial charge in [-0.2, -0.15) is 13.2 Å². The normalized spacial score (nSPS) is 13.2. The van der Waals surface area contributed by atoms with Gasteiger partial charge >= 0.3 is 6.18 Å². The summed E-state index contributed by atoms with van der Waals surface area (Å²) < 4.78 is 44.4. The van der Waals surface area contributed by atoms with E-state index in [0.29, 0.717) is 34.3 Å². The van der Waals surface area contributed by atoms with Crippen molar-refractivity contribution in [3.63, 3.8) is 0 Å². The second kappa shape index (κ2) is 11.7. The van der Waals surface area contributed by atoms with Crippen molar-refractivity contribution in [3.05, 3.63) is 93.2 Å². The molecule has 1 aromatic heterocycles. The van der Waals surface area contributed by atoms with Crippen LogP contribution in [0.25, 0.3) is 0 Å². The lowest BCUT2D eigenvalue weighted by molar-refractivity contribution is -0.141. The number of nitrogens with one attached hydrogen (secondary N) is 2. The number of halogens is 5. The molecule has 2 aromatic carbocycles. The molecule has 0 aliphatic rings. The number of hydrogen-bond donors (Lipinski definition) is 2. The van der Waals surface area contributed by atoms with Gasteiger partial charge in [0.15, 0.2) is 0 Å². The minimum atomic E-state index is -4.53. The summed E-state index contributed by atoms with van der Waals surface area (Å²) in [6.45, 7) is 0.372. The Morgan fingerprint density at radius 1 is 1.03 bits per heavy atom. The number of amides is 1. The van der Waals surface area contributed by atoms with Crippen molar-refractivity contribution in [2.75, 3.05) is 20.7 Å². The van der Waals surface area contributed by atoms with E-state index in [2.05, 4.69) is 15.6 Å². The number of methoxy groups -OCH3 is 1. The molecule has 186 valence electrons. The van der Waals surface area contributed by atoms with E-state index in [1.54, 1.807) is 49.5 Å². The molecular weight excluding hydrogens is 502 g/mol. The number of carbonyl (C=O) groups excluding carboxylic acids is 1. The van der Waals surface area contributed by atoms with Crippen LogP contribution >= 0.6 is 23.2 Å². The third-order valence-corrected chi connectivity index (χ3v) is 6.11. The minimum Gasteiger partial charge on any atom is -0.495 e. The van der Waals surface area contributed by atoms with Gasteiger partial charge in [0.1, 0.15) is 17.5 Å². The number of hydrogen-bond acceptors (Lipinski definition) is 4. The smallest absolute Gasteiger partial charge is 0.433 e. The zero-order valence-corrected chi connectivity index (χ0v) is 20.5. The van der Waals surface area contributed by atoms with E-state index in [-0.39, 0.29) is 11.8 Å². The number of aromatic nitrogens is 1. The Labute approximate surface area is 211 Å². The van der Waals surface area contributed by atoms with Gasteiger partial charge in [0, 0.05) is 24.2 Å². The highest BCUT2D eigenvalue weighted by atomic mass is 35.5. The lowest BCUT2D eigenvalue weighted by Crippen LogP contribution is -2.36. The Balaban J connectivity index is 1.87. The van der Waals surface area contributed by atoms with E-state index in [4.69, 9.17) is 27.9 Å². The van der Waals surface area contributed by atoms with Gasteiger partial charge in [-0.15, -0.1) is 0 Å². The topological polar surface area (TPSA) is 63.2 Å². The second-order valence-electron chi connectivity index (χ2n) is 7.76. The van der Waals surface area contributed by atoms with Gasteiger partial charge in [0.05, 0.1) is 12.1 Å². The summed E-state index contributed by atoms with van der Waals surface area (Å²) in [4.78, 5) is 16.1. The minimum absolute atomic E-state index is 0.228. The Morgan fingerprint density at radius 2 is 1.69 bits per heavy atom. The number of likely N-dealkylation sites (N-methyl/N-ethyl adjacent to an activating group) is 1. The maximum absolute atomic E-state index is 13.0. The number of nitrogens with zero attached hydrogens (tertiary/aromatic N) is 1. The molecule has 1 heterocycles. The Hall–Kier alpha value is -2.81.